The van der Waals surface area contributed by atoms with Gasteiger partial charge in [0.15, 0.2) is 0 Å². The summed E-state index contributed by atoms with van der Waals surface area (Å²) >= 11 is 0. The summed E-state index contributed by atoms with van der Waals surface area (Å²) in [7, 11) is 0. The van der Waals surface area contributed by atoms with E-state index in [4.69, 9.17) is 0 Å². The monoisotopic (exact) mass is 213 g/mol. The van der Waals surface area contributed by atoms with Crippen LogP contribution in [0.2, 0.25) is 0 Å². The Morgan fingerprint density at radius 1 is 1.00 bits per heavy atom. The quantitative estimate of drug-likeness (QED) is 0.758. The van der Waals surface area contributed by atoms with Gasteiger partial charge in [0, 0.05) is 0 Å². The number of nitrogens with one attached hydrogen (secondary N) is 1. The number of halogens is 1. The van der Waals surface area contributed by atoms with Crippen molar-refractivity contribution in [3.05, 3.63) is 0 Å². The molecule has 15 heavy (non-hydrogen) atoms. The van der Waals surface area contributed by atoms with Crippen molar-refractivity contribution in [1.29, 1.82) is 0 Å². The van der Waals surface area contributed by atoms with Crippen LogP contribution >= 0.6 is 0 Å². The first-order chi connectivity index (χ1) is 7.36. The first-order valence-electron chi connectivity index (χ1n) is 6.71. The Bertz CT molecular complexity index is 171. The highest BCUT2D eigenvalue weighted by Gasteiger charge is 2.26. The average molecular weight is 213 g/mol. The Morgan fingerprint density at radius 3 is 2.33 bits per heavy atom. The minimum atomic E-state index is -0.518. The second kappa shape index (κ2) is 5.83. The molecule has 2 aliphatic rings. The topological polar surface area (TPSA) is 12.0 Å². The van der Waals surface area contributed by atoms with Crippen molar-refractivity contribution < 1.29 is 4.39 Å². The van der Waals surface area contributed by atoms with Gasteiger partial charge in [-0.2, -0.15) is 0 Å². The van der Waals surface area contributed by atoms with Gasteiger partial charge in [-0.25, -0.2) is 4.39 Å². The van der Waals surface area contributed by atoms with Crippen molar-refractivity contribution in [2.45, 2.75) is 57.5 Å². The van der Waals surface area contributed by atoms with Gasteiger partial charge in [0.1, 0.15) is 6.17 Å². The van der Waals surface area contributed by atoms with Crippen molar-refractivity contribution in [2.75, 3.05) is 13.1 Å². The smallest absolute Gasteiger partial charge is 0.103 e. The molecule has 0 aromatic heterocycles. The van der Waals surface area contributed by atoms with E-state index in [1.54, 1.807) is 0 Å². The third kappa shape index (κ3) is 3.44. The standard InChI is InChI=1S/C13H24FN/c14-13(12-6-8-15-9-7-12)10-11-4-2-1-3-5-11/h11-13,15H,1-10H2. The van der Waals surface area contributed by atoms with Gasteiger partial charge in [0.05, 0.1) is 0 Å². The number of hydrogen-bond donors (Lipinski definition) is 1. The molecule has 1 atom stereocenters. The molecule has 2 fully saturated rings. The fourth-order valence-corrected chi connectivity index (χ4v) is 3.14. The lowest BCUT2D eigenvalue weighted by Crippen LogP contribution is -2.33. The summed E-state index contributed by atoms with van der Waals surface area (Å²) in [6.07, 6.45) is 9.05. The molecule has 2 rings (SSSR count). The van der Waals surface area contributed by atoms with E-state index in [1.165, 1.54) is 32.1 Å². The molecule has 1 aliphatic carbocycles. The zero-order chi connectivity index (χ0) is 10.5. The minimum absolute atomic E-state index is 0.355. The van der Waals surface area contributed by atoms with E-state index in [0.717, 1.165) is 32.4 Å². The Labute approximate surface area is 92.8 Å². The van der Waals surface area contributed by atoms with Crippen molar-refractivity contribution in [3.63, 3.8) is 0 Å². The maximum Gasteiger partial charge on any atom is 0.103 e. The summed E-state index contributed by atoms with van der Waals surface area (Å²) in [5, 5.41) is 3.31. The minimum Gasteiger partial charge on any atom is -0.317 e. The summed E-state index contributed by atoms with van der Waals surface area (Å²) in [6.45, 7) is 2.05. The first kappa shape index (κ1) is 11.4. The molecule has 0 spiro atoms. The van der Waals surface area contributed by atoms with Crippen molar-refractivity contribution in [1.82, 2.24) is 5.32 Å². The van der Waals surface area contributed by atoms with E-state index >= 15 is 0 Å². The molecule has 0 bridgehead atoms. The second-order valence-corrected chi connectivity index (χ2v) is 5.34. The molecule has 0 aromatic carbocycles. The molecule has 1 saturated carbocycles. The lowest BCUT2D eigenvalue weighted by Gasteiger charge is -2.29. The maximum absolute atomic E-state index is 14.0. The number of rotatable bonds is 3. The van der Waals surface area contributed by atoms with Gasteiger partial charge < -0.3 is 5.32 Å². The number of hydrogen-bond acceptors (Lipinski definition) is 1. The summed E-state index contributed by atoms with van der Waals surface area (Å²) in [6, 6.07) is 0. The number of piperidine rings is 1. The van der Waals surface area contributed by atoms with Gasteiger partial charge in [0.25, 0.3) is 0 Å². The van der Waals surface area contributed by atoms with Gasteiger partial charge in [-0.3, -0.25) is 0 Å². The predicted molar refractivity (Wildman–Crippen MR) is 61.7 cm³/mol. The molecule has 0 aromatic rings. The predicted octanol–water partition coefficient (Wildman–Crippen LogP) is 3.29. The first-order valence-corrected chi connectivity index (χ1v) is 6.71. The van der Waals surface area contributed by atoms with Crippen LogP contribution in [-0.4, -0.2) is 19.3 Å². The normalized spacial score (nSPS) is 27.8. The van der Waals surface area contributed by atoms with Gasteiger partial charge >= 0.3 is 0 Å². The van der Waals surface area contributed by atoms with Crippen molar-refractivity contribution in [3.8, 4) is 0 Å². The molecule has 0 amide bonds. The molecule has 1 aliphatic heterocycles. The van der Waals surface area contributed by atoms with Gasteiger partial charge in [-0.1, -0.05) is 32.1 Å². The fraction of sp³-hybridized carbons (Fsp3) is 1.00. The molecule has 1 nitrogen and oxygen atoms in total. The second-order valence-electron chi connectivity index (χ2n) is 5.34. The Morgan fingerprint density at radius 2 is 1.67 bits per heavy atom. The SMILES string of the molecule is FC(CC1CCCCC1)C1CCNCC1. The van der Waals surface area contributed by atoms with Crippen LogP contribution in [0.5, 0.6) is 0 Å². The summed E-state index contributed by atoms with van der Waals surface area (Å²) in [5.74, 6) is 1.05. The maximum atomic E-state index is 14.0. The van der Waals surface area contributed by atoms with E-state index in [-0.39, 0.29) is 0 Å². The Balaban J connectivity index is 1.72. The van der Waals surface area contributed by atoms with Crippen LogP contribution in [0.1, 0.15) is 51.4 Å². The third-order valence-electron chi connectivity index (χ3n) is 4.18. The van der Waals surface area contributed by atoms with Crippen LogP contribution in [0.4, 0.5) is 4.39 Å². The van der Waals surface area contributed by atoms with Crippen LogP contribution in [0.25, 0.3) is 0 Å². The van der Waals surface area contributed by atoms with Crippen LogP contribution in [0, 0.1) is 11.8 Å². The van der Waals surface area contributed by atoms with Gasteiger partial charge in [0.2, 0.25) is 0 Å². The van der Waals surface area contributed by atoms with Gasteiger partial charge in [-0.15, -0.1) is 0 Å². The summed E-state index contributed by atoms with van der Waals surface area (Å²) in [5.41, 5.74) is 0. The molecular weight excluding hydrogens is 189 g/mol. The Kier molecular flexibility index (Phi) is 4.42. The molecule has 2 heteroatoms. The molecular formula is C13H24FN. The van der Waals surface area contributed by atoms with Crippen LogP contribution < -0.4 is 5.32 Å². The molecule has 1 saturated heterocycles. The van der Waals surface area contributed by atoms with Crippen LogP contribution in [-0.2, 0) is 0 Å². The lowest BCUT2D eigenvalue weighted by atomic mass is 9.81. The van der Waals surface area contributed by atoms with E-state index in [9.17, 15) is 4.39 Å². The van der Waals surface area contributed by atoms with Crippen LogP contribution in [0.15, 0.2) is 0 Å². The highest BCUT2D eigenvalue weighted by atomic mass is 19.1. The number of alkyl halides is 1. The van der Waals surface area contributed by atoms with E-state index in [2.05, 4.69) is 5.32 Å². The molecule has 1 unspecified atom stereocenters. The van der Waals surface area contributed by atoms with Gasteiger partial charge in [-0.05, 0) is 44.2 Å². The molecule has 1 N–H and O–H groups in total. The molecule has 0 radical (unpaired) electrons. The molecule has 88 valence electrons. The van der Waals surface area contributed by atoms with Crippen molar-refractivity contribution >= 4 is 0 Å². The zero-order valence-electron chi connectivity index (χ0n) is 9.68. The highest BCUT2D eigenvalue weighted by molar-refractivity contribution is 4.78. The third-order valence-corrected chi connectivity index (χ3v) is 4.18. The zero-order valence-corrected chi connectivity index (χ0v) is 9.68. The highest BCUT2D eigenvalue weighted by Crippen LogP contribution is 2.32. The summed E-state index contributed by atoms with van der Waals surface area (Å²) in [4.78, 5) is 0. The summed E-state index contributed by atoms with van der Waals surface area (Å²) < 4.78 is 14.0. The largest absolute Gasteiger partial charge is 0.317 e. The lowest BCUT2D eigenvalue weighted by molar-refractivity contribution is 0.143. The Hall–Kier alpha value is -0.110. The average Bonchev–Trinajstić information content (AvgIpc) is 2.31. The van der Waals surface area contributed by atoms with E-state index < -0.39 is 6.17 Å². The van der Waals surface area contributed by atoms with Crippen LogP contribution in [0.3, 0.4) is 0 Å². The molecule has 1 heterocycles. The van der Waals surface area contributed by atoms with E-state index in [1.807, 2.05) is 0 Å². The van der Waals surface area contributed by atoms with E-state index in [0.29, 0.717) is 11.8 Å². The van der Waals surface area contributed by atoms with Crippen molar-refractivity contribution in [2.24, 2.45) is 11.8 Å². The fourth-order valence-electron chi connectivity index (χ4n) is 3.14.